The molecular weight excluding hydrogens is 306 g/mol. The lowest BCUT2D eigenvalue weighted by atomic mass is 9.90. The fourth-order valence-electron chi connectivity index (χ4n) is 3.14. The molecule has 3 heterocycles. The summed E-state index contributed by atoms with van der Waals surface area (Å²) < 4.78 is 1.76. The molecule has 3 rings (SSSR count). The summed E-state index contributed by atoms with van der Waals surface area (Å²) in [6.45, 7) is 7.78. The first-order chi connectivity index (χ1) is 11.4. The van der Waals surface area contributed by atoms with Gasteiger partial charge in [0.05, 0.1) is 11.9 Å². The van der Waals surface area contributed by atoms with E-state index >= 15 is 0 Å². The molecule has 0 radical (unpaired) electrons. The summed E-state index contributed by atoms with van der Waals surface area (Å²) in [6.07, 6.45) is 3.35. The van der Waals surface area contributed by atoms with Crippen molar-refractivity contribution in [1.29, 1.82) is 0 Å². The molecule has 0 spiro atoms. The van der Waals surface area contributed by atoms with Gasteiger partial charge >= 0.3 is 0 Å². The molecule has 24 heavy (non-hydrogen) atoms. The summed E-state index contributed by atoms with van der Waals surface area (Å²) in [6, 6.07) is 3.67. The molecule has 2 aromatic heterocycles. The van der Waals surface area contributed by atoms with Gasteiger partial charge in [-0.05, 0) is 52.3 Å². The number of nitrogens with zero attached hydrogens (tertiary/aromatic N) is 5. The molecule has 0 unspecified atom stereocenters. The van der Waals surface area contributed by atoms with E-state index in [0.29, 0.717) is 30.9 Å². The van der Waals surface area contributed by atoms with E-state index in [4.69, 9.17) is 0 Å². The maximum Gasteiger partial charge on any atom is 0.138 e. The third-order valence-corrected chi connectivity index (χ3v) is 4.53. The van der Waals surface area contributed by atoms with Crippen molar-refractivity contribution in [1.82, 2.24) is 24.9 Å². The minimum absolute atomic E-state index is 0.195. The van der Waals surface area contributed by atoms with Crippen LogP contribution in [0, 0.1) is 6.92 Å². The molecular formula is C17H25N5O2. The van der Waals surface area contributed by atoms with Crippen LogP contribution in [0.15, 0.2) is 18.3 Å². The molecule has 1 aliphatic rings. The zero-order valence-corrected chi connectivity index (χ0v) is 14.5. The predicted molar refractivity (Wildman–Crippen MR) is 89.5 cm³/mol. The van der Waals surface area contributed by atoms with E-state index in [2.05, 4.69) is 20.2 Å². The highest BCUT2D eigenvalue weighted by atomic mass is 16.3. The van der Waals surface area contributed by atoms with E-state index in [1.165, 1.54) is 0 Å². The minimum Gasteiger partial charge on any atom is -0.506 e. The maximum absolute atomic E-state index is 11.1. The standard InChI is InChI=1S/C17H25N5O2/c1-12(2)22-10-16(19-20-22)17(24)7-4-8-21(11-17)9-14-15(23)6-5-13(3)18-14/h5-6,10,12,23-24H,4,7-9,11H2,1-3H3/t17-/m1/s1. The summed E-state index contributed by atoms with van der Waals surface area (Å²) in [7, 11) is 0. The van der Waals surface area contributed by atoms with Gasteiger partial charge in [-0.25, -0.2) is 4.68 Å². The van der Waals surface area contributed by atoms with E-state index in [-0.39, 0.29) is 11.8 Å². The highest BCUT2D eigenvalue weighted by molar-refractivity contribution is 5.27. The molecule has 1 aliphatic heterocycles. The Morgan fingerprint density at radius 2 is 2.12 bits per heavy atom. The van der Waals surface area contributed by atoms with Crippen LogP contribution in [0.3, 0.4) is 0 Å². The molecule has 0 aromatic carbocycles. The molecule has 0 bridgehead atoms. The number of hydrogen-bond donors (Lipinski definition) is 2. The van der Waals surface area contributed by atoms with Crippen LogP contribution in [0.2, 0.25) is 0 Å². The van der Waals surface area contributed by atoms with Crippen molar-refractivity contribution >= 4 is 0 Å². The first-order valence-electron chi connectivity index (χ1n) is 8.40. The van der Waals surface area contributed by atoms with Crippen LogP contribution in [0.1, 0.15) is 49.8 Å². The summed E-state index contributed by atoms with van der Waals surface area (Å²) in [4.78, 5) is 6.52. The molecule has 130 valence electrons. The maximum atomic E-state index is 11.1. The monoisotopic (exact) mass is 331 g/mol. The largest absolute Gasteiger partial charge is 0.506 e. The highest BCUT2D eigenvalue weighted by Crippen LogP contribution is 2.31. The first kappa shape index (κ1) is 16.9. The van der Waals surface area contributed by atoms with Crippen LogP contribution in [0.25, 0.3) is 0 Å². The van der Waals surface area contributed by atoms with Gasteiger partial charge in [0, 0.05) is 24.8 Å². The van der Waals surface area contributed by atoms with Gasteiger partial charge in [0.1, 0.15) is 17.0 Å². The van der Waals surface area contributed by atoms with Crippen LogP contribution in [-0.2, 0) is 12.1 Å². The van der Waals surface area contributed by atoms with Gasteiger partial charge in [-0.2, -0.15) is 0 Å². The van der Waals surface area contributed by atoms with Crippen LogP contribution in [0.4, 0.5) is 0 Å². The zero-order chi connectivity index (χ0) is 17.3. The normalized spacial score (nSPS) is 22.2. The molecule has 1 saturated heterocycles. The van der Waals surface area contributed by atoms with Crippen molar-refractivity contribution in [2.75, 3.05) is 13.1 Å². The van der Waals surface area contributed by atoms with Gasteiger partial charge in [0.15, 0.2) is 0 Å². The number of aliphatic hydroxyl groups is 1. The number of likely N-dealkylation sites (tertiary alicyclic amines) is 1. The van der Waals surface area contributed by atoms with Crippen molar-refractivity contribution in [3.8, 4) is 5.75 Å². The summed E-state index contributed by atoms with van der Waals surface area (Å²) in [5, 5.41) is 29.4. The second-order valence-corrected chi connectivity index (χ2v) is 6.94. The molecule has 0 aliphatic carbocycles. The van der Waals surface area contributed by atoms with Crippen LogP contribution in [0.5, 0.6) is 5.75 Å². The number of hydrogen-bond acceptors (Lipinski definition) is 6. The molecule has 2 aromatic rings. The van der Waals surface area contributed by atoms with Gasteiger partial charge in [-0.15, -0.1) is 5.10 Å². The van der Waals surface area contributed by atoms with Crippen molar-refractivity contribution in [3.63, 3.8) is 0 Å². The van der Waals surface area contributed by atoms with Crippen molar-refractivity contribution in [3.05, 3.63) is 35.4 Å². The van der Waals surface area contributed by atoms with Crippen LogP contribution >= 0.6 is 0 Å². The van der Waals surface area contributed by atoms with Crippen LogP contribution in [-0.4, -0.2) is 48.2 Å². The molecule has 0 amide bonds. The average molecular weight is 331 g/mol. The van der Waals surface area contributed by atoms with E-state index in [1.54, 1.807) is 16.8 Å². The second kappa shape index (κ2) is 6.49. The Labute approximate surface area is 141 Å². The number of piperidine rings is 1. The Morgan fingerprint density at radius 1 is 1.33 bits per heavy atom. The Balaban J connectivity index is 1.76. The van der Waals surface area contributed by atoms with E-state index in [1.807, 2.05) is 27.0 Å². The number of aromatic nitrogens is 4. The van der Waals surface area contributed by atoms with E-state index in [0.717, 1.165) is 18.7 Å². The van der Waals surface area contributed by atoms with Gasteiger partial charge < -0.3 is 10.2 Å². The smallest absolute Gasteiger partial charge is 0.138 e. The summed E-state index contributed by atoms with van der Waals surface area (Å²) >= 11 is 0. The molecule has 2 N–H and O–H groups in total. The average Bonchev–Trinajstić information content (AvgIpc) is 3.02. The third-order valence-electron chi connectivity index (χ3n) is 4.53. The SMILES string of the molecule is Cc1ccc(O)c(CN2CCC[C@](O)(c3cn(C(C)C)nn3)C2)n1. The van der Waals surface area contributed by atoms with Crippen LogP contribution < -0.4 is 0 Å². The summed E-state index contributed by atoms with van der Waals surface area (Å²) in [5.74, 6) is 0.195. The molecule has 1 atom stereocenters. The van der Waals surface area contributed by atoms with Gasteiger partial charge in [-0.1, -0.05) is 5.21 Å². The quantitative estimate of drug-likeness (QED) is 0.887. The Hall–Kier alpha value is -1.99. The first-order valence-corrected chi connectivity index (χ1v) is 8.40. The summed E-state index contributed by atoms with van der Waals surface area (Å²) in [5.41, 5.74) is 1.12. The lowest BCUT2D eigenvalue weighted by Gasteiger charge is -2.37. The van der Waals surface area contributed by atoms with Gasteiger partial charge in [-0.3, -0.25) is 9.88 Å². The van der Waals surface area contributed by atoms with Gasteiger partial charge in [0.25, 0.3) is 0 Å². The molecule has 7 nitrogen and oxygen atoms in total. The van der Waals surface area contributed by atoms with Crippen molar-refractivity contribution in [2.24, 2.45) is 0 Å². The van der Waals surface area contributed by atoms with E-state index in [9.17, 15) is 10.2 Å². The topological polar surface area (TPSA) is 87.3 Å². The zero-order valence-electron chi connectivity index (χ0n) is 14.5. The predicted octanol–water partition coefficient (Wildman–Crippen LogP) is 1.75. The van der Waals surface area contributed by atoms with Gasteiger partial charge in [0.2, 0.25) is 0 Å². The highest BCUT2D eigenvalue weighted by Gasteiger charge is 2.37. The minimum atomic E-state index is -1.01. The molecule has 1 fully saturated rings. The molecule has 0 saturated carbocycles. The second-order valence-electron chi connectivity index (χ2n) is 6.94. The number of aryl methyl sites for hydroxylation is 1. The Kier molecular flexibility index (Phi) is 4.56. The number of pyridine rings is 1. The molecule has 7 heteroatoms. The fraction of sp³-hybridized carbons (Fsp3) is 0.588. The third kappa shape index (κ3) is 3.42. The number of aromatic hydroxyl groups is 1. The number of β-amino-alcohol motifs (C(OH)–C–C–N with tert-alkyl or cyclic N) is 1. The van der Waals surface area contributed by atoms with Crippen molar-refractivity contribution in [2.45, 2.75) is 51.8 Å². The lowest BCUT2D eigenvalue weighted by molar-refractivity contribution is -0.0419. The fourth-order valence-corrected chi connectivity index (χ4v) is 3.14. The lowest BCUT2D eigenvalue weighted by Crippen LogP contribution is -2.46. The Bertz CT molecular complexity index is 715. The Morgan fingerprint density at radius 3 is 2.83 bits per heavy atom. The van der Waals surface area contributed by atoms with E-state index < -0.39 is 5.60 Å². The number of rotatable bonds is 4. The van der Waals surface area contributed by atoms with Crippen molar-refractivity contribution < 1.29 is 10.2 Å².